The molecule has 1 heterocycles. The molecule has 0 spiro atoms. The molecule has 2 aromatic rings. The van der Waals surface area contributed by atoms with Crippen LogP contribution in [0, 0.1) is 0 Å². The first-order chi connectivity index (χ1) is 10.6. The molecule has 1 N–H and O–H groups in total. The van der Waals surface area contributed by atoms with Gasteiger partial charge in [0.15, 0.2) is 28.8 Å². The molecule has 1 atom stereocenters. The van der Waals surface area contributed by atoms with Crippen LogP contribution in [0.5, 0.6) is 23.0 Å². The summed E-state index contributed by atoms with van der Waals surface area (Å²) in [5.41, 5.74) is 1.41. The Balaban J connectivity index is 1.93. The van der Waals surface area contributed by atoms with Crippen LogP contribution in [0.3, 0.4) is 0 Å². The van der Waals surface area contributed by atoms with Crippen molar-refractivity contribution in [1.82, 2.24) is 0 Å². The van der Waals surface area contributed by atoms with E-state index in [-0.39, 0.29) is 5.78 Å². The molecule has 0 bridgehead atoms. The predicted molar refractivity (Wildman–Crippen MR) is 82.9 cm³/mol. The lowest BCUT2D eigenvalue weighted by atomic mass is 10.1. The Morgan fingerprint density at radius 2 is 1.64 bits per heavy atom. The molecule has 0 fully saturated rings. The van der Waals surface area contributed by atoms with Gasteiger partial charge in [0, 0.05) is 12.0 Å². The maximum Gasteiger partial charge on any atom is 0.170 e. The summed E-state index contributed by atoms with van der Waals surface area (Å²) in [7, 11) is 0. The number of aliphatic hydroxyl groups excluding tert-OH is 1. The topological polar surface area (TPSA) is 55.8 Å². The maximum absolute atomic E-state index is 11.8. The van der Waals surface area contributed by atoms with Crippen molar-refractivity contribution >= 4 is 5.78 Å². The van der Waals surface area contributed by atoms with Gasteiger partial charge in [-0.1, -0.05) is 19.9 Å². The summed E-state index contributed by atoms with van der Waals surface area (Å²) in [5, 5.41) is 9.92. The Morgan fingerprint density at radius 3 is 2.27 bits per heavy atom. The summed E-state index contributed by atoms with van der Waals surface area (Å²) >= 11 is 0. The Bertz CT molecular complexity index is 721. The predicted octanol–water partition coefficient (Wildman–Crippen LogP) is 4.62. The van der Waals surface area contributed by atoms with Crippen LogP contribution in [0.15, 0.2) is 36.4 Å². The minimum Gasteiger partial charge on any atom is -0.450 e. The van der Waals surface area contributed by atoms with Crippen LogP contribution in [0.1, 0.15) is 48.7 Å². The molecule has 114 valence electrons. The van der Waals surface area contributed by atoms with Gasteiger partial charge in [-0.2, -0.15) is 0 Å². The molecule has 3 rings (SSSR count). The molecule has 2 aromatic carbocycles. The molecular weight excluding hydrogens is 280 g/mol. The van der Waals surface area contributed by atoms with Crippen LogP contribution >= 0.6 is 0 Å². The third-order valence-corrected chi connectivity index (χ3v) is 3.77. The van der Waals surface area contributed by atoms with E-state index < -0.39 is 6.10 Å². The first-order valence-electron chi connectivity index (χ1n) is 7.47. The summed E-state index contributed by atoms with van der Waals surface area (Å²) in [6.45, 7) is 3.75. The number of fused-ring (bicyclic) bond motifs is 2. The second-order valence-corrected chi connectivity index (χ2v) is 5.27. The molecule has 1 aliphatic heterocycles. The first-order valence-corrected chi connectivity index (χ1v) is 7.47. The Morgan fingerprint density at radius 1 is 1.00 bits per heavy atom. The van der Waals surface area contributed by atoms with Gasteiger partial charge in [-0.05, 0) is 42.3 Å². The molecule has 4 heteroatoms. The first kappa shape index (κ1) is 14.6. The number of benzene rings is 2. The number of hydrogen-bond donors (Lipinski definition) is 1. The fourth-order valence-corrected chi connectivity index (χ4v) is 2.42. The normalized spacial score (nSPS) is 13.4. The third-order valence-electron chi connectivity index (χ3n) is 3.77. The zero-order chi connectivity index (χ0) is 15.7. The second kappa shape index (κ2) is 5.81. The van der Waals surface area contributed by atoms with Gasteiger partial charge in [0.1, 0.15) is 0 Å². The van der Waals surface area contributed by atoms with Crippen molar-refractivity contribution in [3.05, 3.63) is 47.5 Å². The van der Waals surface area contributed by atoms with E-state index in [1.807, 2.05) is 19.9 Å². The molecule has 0 saturated heterocycles. The standard InChI is InChI=1S/C18H18O4/c1-3-13(19)11-5-7-15-17(9-11)21-16-8-6-12(14(20)4-2)10-18(16)22-15/h5-10,13,19H,3-4H2,1-2H3. The molecule has 0 amide bonds. The number of carbonyl (C=O) groups is 1. The van der Waals surface area contributed by atoms with Crippen LogP contribution in [-0.4, -0.2) is 10.9 Å². The van der Waals surface area contributed by atoms with E-state index in [0.717, 1.165) is 5.56 Å². The number of Topliss-reactive ketones (excluding diaryl/α,β-unsaturated/α-hetero) is 1. The summed E-state index contributed by atoms with van der Waals surface area (Å²) in [5.74, 6) is 2.34. The zero-order valence-electron chi connectivity index (χ0n) is 12.6. The van der Waals surface area contributed by atoms with Gasteiger partial charge in [-0.15, -0.1) is 0 Å². The molecule has 22 heavy (non-hydrogen) atoms. The van der Waals surface area contributed by atoms with E-state index in [4.69, 9.17) is 9.47 Å². The molecule has 0 aromatic heterocycles. The fourth-order valence-electron chi connectivity index (χ4n) is 2.42. The van der Waals surface area contributed by atoms with Crippen LogP contribution in [0.4, 0.5) is 0 Å². The number of aliphatic hydroxyl groups is 1. The molecule has 4 nitrogen and oxygen atoms in total. The average molecular weight is 298 g/mol. The van der Waals surface area contributed by atoms with Crippen molar-refractivity contribution in [2.75, 3.05) is 0 Å². The second-order valence-electron chi connectivity index (χ2n) is 5.27. The largest absolute Gasteiger partial charge is 0.450 e. The average Bonchev–Trinajstić information content (AvgIpc) is 2.57. The Kier molecular flexibility index (Phi) is 3.86. The highest BCUT2D eigenvalue weighted by Gasteiger charge is 2.21. The van der Waals surface area contributed by atoms with E-state index in [0.29, 0.717) is 41.4 Å². The van der Waals surface area contributed by atoms with Crippen molar-refractivity contribution in [3.63, 3.8) is 0 Å². The van der Waals surface area contributed by atoms with Crippen molar-refractivity contribution in [2.24, 2.45) is 0 Å². The lowest BCUT2D eigenvalue weighted by molar-refractivity contribution is 0.0987. The SMILES string of the molecule is CCC(=O)c1ccc2c(c1)Oc1ccc(C(O)CC)cc1O2. The smallest absolute Gasteiger partial charge is 0.170 e. The van der Waals surface area contributed by atoms with Crippen molar-refractivity contribution in [1.29, 1.82) is 0 Å². The summed E-state index contributed by atoms with van der Waals surface area (Å²) in [6, 6.07) is 10.6. The molecule has 1 unspecified atom stereocenters. The van der Waals surface area contributed by atoms with E-state index in [9.17, 15) is 9.90 Å². The third kappa shape index (κ3) is 2.57. The van der Waals surface area contributed by atoms with E-state index in [1.165, 1.54) is 0 Å². The van der Waals surface area contributed by atoms with Crippen LogP contribution in [0.25, 0.3) is 0 Å². The summed E-state index contributed by atoms with van der Waals surface area (Å²) < 4.78 is 11.7. The molecular formula is C18H18O4. The van der Waals surface area contributed by atoms with Crippen LogP contribution < -0.4 is 9.47 Å². The molecule has 0 saturated carbocycles. The maximum atomic E-state index is 11.8. The highest BCUT2D eigenvalue weighted by atomic mass is 16.6. The minimum atomic E-state index is -0.514. The molecule has 1 aliphatic rings. The lowest BCUT2D eigenvalue weighted by Crippen LogP contribution is -2.03. The van der Waals surface area contributed by atoms with Crippen LogP contribution in [0.2, 0.25) is 0 Å². The van der Waals surface area contributed by atoms with Gasteiger partial charge in [0.05, 0.1) is 6.10 Å². The van der Waals surface area contributed by atoms with Crippen molar-refractivity contribution in [3.8, 4) is 23.0 Å². The quantitative estimate of drug-likeness (QED) is 0.714. The number of rotatable bonds is 4. The number of ether oxygens (including phenoxy) is 2. The van der Waals surface area contributed by atoms with Gasteiger partial charge in [0.25, 0.3) is 0 Å². The van der Waals surface area contributed by atoms with Crippen molar-refractivity contribution < 1.29 is 19.4 Å². The zero-order valence-corrected chi connectivity index (χ0v) is 12.6. The van der Waals surface area contributed by atoms with E-state index >= 15 is 0 Å². The van der Waals surface area contributed by atoms with Crippen molar-refractivity contribution in [2.45, 2.75) is 32.8 Å². The van der Waals surface area contributed by atoms with E-state index in [2.05, 4.69) is 0 Å². The highest BCUT2D eigenvalue weighted by Crippen LogP contribution is 2.46. The van der Waals surface area contributed by atoms with Gasteiger partial charge in [-0.25, -0.2) is 0 Å². The Labute approximate surface area is 129 Å². The minimum absolute atomic E-state index is 0.0682. The number of ketones is 1. The van der Waals surface area contributed by atoms with E-state index in [1.54, 1.807) is 30.3 Å². The molecule has 0 radical (unpaired) electrons. The van der Waals surface area contributed by atoms with Gasteiger partial charge in [-0.3, -0.25) is 4.79 Å². The number of hydrogen-bond acceptors (Lipinski definition) is 4. The van der Waals surface area contributed by atoms with Gasteiger partial charge >= 0.3 is 0 Å². The molecule has 0 aliphatic carbocycles. The highest BCUT2D eigenvalue weighted by molar-refractivity contribution is 5.96. The number of carbonyl (C=O) groups excluding carboxylic acids is 1. The van der Waals surface area contributed by atoms with Gasteiger partial charge < -0.3 is 14.6 Å². The lowest BCUT2D eigenvalue weighted by Gasteiger charge is -2.22. The fraction of sp³-hybridized carbons (Fsp3) is 0.278. The summed E-state index contributed by atoms with van der Waals surface area (Å²) in [4.78, 5) is 11.8. The van der Waals surface area contributed by atoms with Gasteiger partial charge in [0.2, 0.25) is 0 Å². The Hall–Kier alpha value is -2.33. The summed E-state index contributed by atoms with van der Waals surface area (Å²) in [6.07, 6.45) is 0.576. The van der Waals surface area contributed by atoms with Crippen LogP contribution in [-0.2, 0) is 0 Å². The monoisotopic (exact) mass is 298 g/mol.